The molecule has 3 aromatic rings. The van der Waals surface area contributed by atoms with Crippen molar-refractivity contribution >= 4 is 46.5 Å². The van der Waals surface area contributed by atoms with Gasteiger partial charge in [-0.1, -0.05) is 18.2 Å². The van der Waals surface area contributed by atoms with Gasteiger partial charge in [0.25, 0.3) is 11.8 Å². The molecule has 166 valence electrons. The second kappa shape index (κ2) is 10.3. The van der Waals surface area contributed by atoms with Crippen LogP contribution < -0.4 is 10.6 Å². The Morgan fingerprint density at radius 3 is 2.48 bits per heavy atom. The molecular formula is C24H20N4O3S2. The largest absolute Gasteiger partial charge is 0.347 e. The summed E-state index contributed by atoms with van der Waals surface area (Å²) in [5, 5.41) is 16.4. The average molecular weight is 477 g/mol. The highest BCUT2D eigenvalue weighted by atomic mass is 32.2. The van der Waals surface area contributed by atoms with Crippen LogP contribution in [-0.4, -0.2) is 40.3 Å². The standard InChI is InChI=1S/C24H20N4O3S2/c25-12-16-5-9-19(10-6-16)27-22(29)20-14-32-15-28(20)24(31)18-7-3-17(4-8-18)13-26-23(30)21-2-1-11-33-21/h1-11,20H,13-15H2,(H,26,30)(H,27,29). The zero-order chi connectivity index (χ0) is 23.2. The maximum Gasteiger partial charge on any atom is 0.261 e. The molecule has 2 N–H and O–H groups in total. The number of nitrogens with zero attached hydrogens (tertiary/aromatic N) is 2. The first-order valence-electron chi connectivity index (χ1n) is 10.2. The summed E-state index contributed by atoms with van der Waals surface area (Å²) in [7, 11) is 0. The monoisotopic (exact) mass is 476 g/mol. The number of amides is 3. The van der Waals surface area contributed by atoms with Crippen molar-refractivity contribution in [2.24, 2.45) is 0 Å². The molecule has 9 heteroatoms. The Bertz CT molecular complexity index is 1190. The van der Waals surface area contributed by atoms with Crippen molar-refractivity contribution < 1.29 is 14.4 Å². The SMILES string of the molecule is N#Cc1ccc(NC(=O)C2CSCN2C(=O)c2ccc(CNC(=O)c3cccs3)cc2)cc1. The van der Waals surface area contributed by atoms with E-state index in [0.717, 1.165) is 5.56 Å². The number of carbonyl (C=O) groups excluding carboxylic acids is 3. The molecule has 0 radical (unpaired) electrons. The molecule has 3 amide bonds. The molecule has 1 aromatic heterocycles. The molecule has 2 aromatic carbocycles. The van der Waals surface area contributed by atoms with Crippen LogP contribution in [0.1, 0.15) is 31.2 Å². The van der Waals surface area contributed by atoms with Crippen molar-refractivity contribution in [2.75, 3.05) is 16.9 Å². The molecule has 0 bridgehead atoms. The van der Waals surface area contributed by atoms with E-state index in [0.29, 0.717) is 39.9 Å². The minimum atomic E-state index is -0.581. The number of benzene rings is 2. The van der Waals surface area contributed by atoms with E-state index in [1.165, 1.54) is 23.1 Å². The molecule has 1 aliphatic heterocycles. The summed E-state index contributed by atoms with van der Waals surface area (Å²) in [6.07, 6.45) is 0. The summed E-state index contributed by atoms with van der Waals surface area (Å²) in [5.74, 6) is 0.347. The zero-order valence-corrected chi connectivity index (χ0v) is 19.1. The summed E-state index contributed by atoms with van der Waals surface area (Å²) in [6, 6.07) is 18.7. The summed E-state index contributed by atoms with van der Waals surface area (Å²) in [6.45, 7) is 0.362. The Balaban J connectivity index is 1.36. The molecule has 0 saturated carbocycles. The van der Waals surface area contributed by atoms with Gasteiger partial charge in [-0.3, -0.25) is 14.4 Å². The summed E-state index contributed by atoms with van der Waals surface area (Å²) >= 11 is 2.91. The van der Waals surface area contributed by atoms with Crippen LogP contribution >= 0.6 is 23.1 Å². The van der Waals surface area contributed by atoms with Gasteiger partial charge >= 0.3 is 0 Å². The fourth-order valence-electron chi connectivity index (χ4n) is 3.32. The minimum Gasteiger partial charge on any atom is -0.347 e. The maximum atomic E-state index is 13.1. The molecule has 1 aliphatic rings. The molecule has 33 heavy (non-hydrogen) atoms. The average Bonchev–Trinajstić information content (AvgIpc) is 3.55. The summed E-state index contributed by atoms with van der Waals surface area (Å²) < 4.78 is 0. The fourth-order valence-corrected chi connectivity index (χ4v) is 5.12. The fraction of sp³-hybridized carbons (Fsp3) is 0.167. The molecule has 0 aliphatic carbocycles. The second-order valence-electron chi connectivity index (χ2n) is 7.33. The number of nitrogens with one attached hydrogen (secondary N) is 2. The highest BCUT2D eigenvalue weighted by Gasteiger charge is 2.35. The first-order valence-corrected chi connectivity index (χ1v) is 12.2. The van der Waals surface area contributed by atoms with Gasteiger partial charge < -0.3 is 15.5 Å². The molecule has 1 fully saturated rings. The van der Waals surface area contributed by atoms with Gasteiger partial charge in [-0.05, 0) is 53.4 Å². The van der Waals surface area contributed by atoms with E-state index in [1.54, 1.807) is 59.5 Å². The van der Waals surface area contributed by atoms with Gasteiger partial charge in [0, 0.05) is 23.5 Å². The smallest absolute Gasteiger partial charge is 0.261 e. The lowest BCUT2D eigenvalue weighted by atomic mass is 10.1. The lowest BCUT2D eigenvalue weighted by molar-refractivity contribution is -0.119. The van der Waals surface area contributed by atoms with Crippen LogP contribution in [0.25, 0.3) is 0 Å². The molecule has 4 rings (SSSR count). The van der Waals surface area contributed by atoms with E-state index in [1.807, 2.05) is 17.5 Å². The number of hydrogen-bond donors (Lipinski definition) is 2. The van der Waals surface area contributed by atoms with Crippen molar-refractivity contribution in [3.63, 3.8) is 0 Å². The Labute approximate surface area is 199 Å². The number of thiophene rings is 1. The van der Waals surface area contributed by atoms with Crippen LogP contribution in [0.4, 0.5) is 5.69 Å². The van der Waals surface area contributed by atoms with Gasteiger partial charge in [-0.15, -0.1) is 23.1 Å². The number of rotatable bonds is 6. The number of thioether (sulfide) groups is 1. The topological polar surface area (TPSA) is 102 Å². The van der Waals surface area contributed by atoms with Crippen molar-refractivity contribution in [1.82, 2.24) is 10.2 Å². The first-order chi connectivity index (χ1) is 16.0. The molecule has 0 spiro atoms. The lowest BCUT2D eigenvalue weighted by Gasteiger charge is -2.23. The van der Waals surface area contributed by atoms with Crippen molar-refractivity contribution in [1.29, 1.82) is 5.26 Å². The van der Waals surface area contributed by atoms with Crippen LogP contribution in [0, 0.1) is 11.3 Å². The number of carbonyl (C=O) groups is 3. The van der Waals surface area contributed by atoms with Crippen LogP contribution in [0.15, 0.2) is 66.0 Å². The van der Waals surface area contributed by atoms with Crippen molar-refractivity contribution in [3.8, 4) is 6.07 Å². The van der Waals surface area contributed by atoms with Crippen molar-refractivity contribution in [2.45, 2.75) is 12.6 Å². The zero-order valence-electron chi connectivity index (χ0n) is 17.5. The van der Waals surface area contributed by atoms with E-state index in [2.05, 4.69) is 10.6 Å². The number of anilines is 1. The lowest BCUT2D eigenvalue weighted by Crippen LogP contribution is -2.44. The van der Waals surface area contributed by atoms with Gasteiger partial charge in [-0.25, -0.2) is 0 Å². The van der Waals surface area contributed by atoms with E-state index >= 15 is 0 Å². The third-order valence-corrected chi connectivity index (χ3v) is 7.01. The maximum absolute atomic E-state index is 13.1. The quantitative estimate of drug-likeness (QED) is 0.565. The molecule has 2 heterocycles. The Morgan fingerprint density at radius 1 is 1.06 bits per heavy atom. The minimum absolute atomic E-state index is 0.129. The van der Waals surface area contributed by atoms with Gasteiger partial charge in [0.1, 0.15) is 6.04 Å². The van der Waals surface area contributed by atoms with Gasteiger partial charge in [0.05, 0.1) is 22.4 Å². The summed E-state index contributed by atoms with van der Waals surface area (Å²) in [5.41, 5.74) is 2.46. The molecular weight excluding hydrogens is 456 g/mol. The second-order valence-corrected chi connectivity index (χ2v) is 9.27. The van der Waals surface area contributed by atoms with Crippen molar-refractivity contribution in [3.05, 3.63) is 87.6 Å². The van der Waals surface area contributed by atoms with Crippen LogP contribution in [0.5, 0.6) is 0 Å². The predicted molar refractivity (Wildman–Crippen MR) is 129 cm³/mol. The Kier molecular flexibility index (Phi) is 7.07. The number of hydrogen-bond acceptors (Lipinski definition) is 6. The molecule has 7 nitrogen and oxygen atoms in total. The highest BCUT2D eigenvalue weighted by molar-refractivity contribution is 7.99. The van der Waals surface area contributed by atoms with E-state index in [-0.39, 0.29) is 17.7 Å². The van der Waals surface area contributed by atoms with Gasteiger partial charge in [-0.2, -0.15) is 5.26 Å². The van der Waals surface area contributed by atoms with E-state index in [4.69, 9.17) is 5.26 Å². The third-order valence-electron chi connectivity index (χ3n) is 5.13. The predicted octanol–water partition coefficient (Wildman–Crippen LogP) is 3.70. The summed E-state index contributed by atoms with van der Waals surface area (Å²) in [4.78, 5) is 40.1. The highest BCUT2D eigenvalue weighted by Crippen LogP contribution is 2.25. The van der Waals surface area contributed by atoms with Crippen LogP contribution in [0.2, 0.25) is 0 Å². The van der Waals surface area contributed by atoms with E-state index in [9.17, 15) is 14.4 Å². The third kappa shape index (κ3) is 5.42. The van der Waals surface area contributed by atoms with Crippen LogP contribution in [0.3, 0.4) is 0 Å². The first kappa shape index (κ1) is 22.6. The molecule has 1 saturated heterocycles. The molecule has 1 atom stereocenters. The number of nitriles is 1. The van der Waals surface area contributed by atoms with E-state index < -0.39 is 6.04 Å². The Morgan fingerprint density at radius 2 is 1.82 bits per heavy atom. The van der Waals surface area contributed by atoms with Crippen LogP contribution in [-0.2, 0) is 11.3 Å². The molecule has 1 unspecified atom stereocenters. The van der Waals surface area contributed by atoms with Gasteiger partial charge in [0.2, 0.25) is 5.91 Å². The Hall–Kier alpha value is -3.61. The van der Waals surface area contributed by atoms with Gasteiger partial charge in [0.15, 0.2) is 0 Å². The normalized spacial score (nSPS) is 15.0.